The average molecular weight is 427 g/mol. The molecule has 1 aromatic heterocycles. The largest absolute Gasteiger partial charge is 0.507 e. The molecule has 2 aromatic carbocycles. The highest BCUT2D eigenvalue weighted by Gasteiger charge is 2.24. The number of carbonyl (C=O) groups is 1. The quantitative estimate of drug-likeness (QED) is 0.664. The number of hydrogen-bond acceptors (Lipinski definition) is 5. The number of benzene rings is 2. The molecule has 5 nitrogen and oxygen atoms in total. The predicted octanol–water partition coefficient (Wildman–Crippen LogP) is 4.23. The highest BCUT2D eigenvalue weighted by Crippen LogP contribution is 2.30. The van der Waals surface area contributed by atoms with Gasteiger partial charge in [-0.25, -0.2) is 4.39 Å². The number of methoxy groups -OCH3 is 1. The molecule has 2 heterocycles. The molecule has 7 heteroatoms. The third-order valence-corrected chi connectivity index (χ3v) is 6.36. The molecule has 1 aliphatic rings. The van der Waals surface area contributed by atoms with Gasteiger partial charge in [0, 0.05) is 48.5 Å². The summed E-state index contributed by atoms with van der Waals surface area (Å²) in [6, 6.07) is 15.5. The van der Waals surface area contributed by atoms with Gasteiger partial charge in [-0.05, 0) is 42.0 Å². The fourth-order valence-corrected chi connectivity index (χ4v) is 4.63. The molecule has 0 aliphatic carbocycles. The van der Waals surface area contributed by atoms with Gasteiger partial charge in [0.05, 0.1) is 12.7 Å². The van der Waals surface area contributed by atoms with Gasteiger partial charge in [0.2, 0.25) is 0 Å². The Kier molecular flexibility index (Phi) is 6.01. The van der Waals surface area contributed by atoms with Crippen LogP contribution >= 0.6 is 11.3 Å². The van der Waals surface area contributed by atoms with Crippen molar-refractivity contribution in [1.82, 2.24) is 9.80 Å². The molecular formula is C23H23FN2O3S. The van der Waals surface area contributed by atoms with Crippen LogP contribution in [0.5, 0.6) is 11.5 Å². The molecule has 1 N–H and O–H groups in total. The zero-order valence-corrected chi connectivity index (χ0v) is 17.5. The van der Waals surface area contributed by atoms with Crippen molar-refractivity contribution in [2.75, 3.05) is 33.3 Å². The van der Waals surface area contributed by atoms with Crippen molar-refractivity contribution in [3.63, 3.8) is 0 Å². The Labute approximate surface area is 178 Å². The Morgan fingerprint density at radius 2 is 1.90 bits per heavy atom. The smallest absolute Gasteiger partial charge is 0.257 e. The van der Waals surface area contributed by atoms with Crippen LogP contribution in [0, 0.1) is 5.82 Å². The zero-order valence-electron chi connectivity index (χ0n) is 16.7. The van der Waals surface area contributed by atoms with E-state index in [2.05, 4.69) is 11.0 Å². The van der Waals surface area contributed by atoms with Gasteiger partial charge in [0.1, 0.15) is 17.3 Å². The Hall–Kier alpha value is -2.90. The third kappa shape index (κ3) is 4.47. The number of phenolic OH excluding ortho intramolecular Hbond substituents is 1. The van der Waals surface area contributed by atoms with E-state index in [1.807, 2.05) is 12.1 Å². The van der Waals surface area contributed by atoms with E-state index in [-0.39, 0.29) is 17.5 Å². The van der Waals surface area contributed by atoms with Crippen molar-refractivity contribution in [3.8, 4) is 21.9 Å². The monoisotopic (exact) mass is 426 g/mol. The van der Waals surface area contributed by atoms with E-state index in [1.54, 1.807) is 40.5 Å². The molecule has 1 aliphatic heterocycles. The summed E-state index contributed by atoms with van der Waals surface area (Å²) in [4.78, 5) is 19.1. The normalized spacial score (nSPS) is 14.7. The molecule has 4 rings (SSSR count). The Morgan fingerprint density at radius 3 is 2.60 bits per heavy atom. The lowest BCUT2D eigenvalue weighted by Crippen LogP contribution is -2.48. The van der Waals surface area contributed by atoms with Crippen molar-refractivity contribution in [1.29, 1.82) is 0 Å². The molecule has 0 saturated carbocycles. The van der Waals surface area contributed by atoms with Crippen LogP contribution in [0.3, 0.4) is 0 Å². The first-order valence-corrected chi connectivity index (χ1v) is 10.6. The molecule has 0 radical (unpaired) electrons. The number of nitrogens with zero attached hydrogens (tertiary/aromatic N) is 2. The molecular weight excluding hydrogens is 403 g/mol. The average Bonchev–Trinajstić information content (AvgIpc) is 3.22. The second-order valence-corrected chi connectivity index (χ2v) is 8.40. The fraction of sp³-hybridized carbons (Fsp3) is 0.261. The fourth-order valence-electron chi connectivity index (χ4n) is 3.58. The predicted molar refractivity (Wildman–Crippen MR) is 116 cm³/mol. The number of phenols is 1. The topological polar surface area (TPSA) is 53.0 Å². The maximum atomic E-state index is 13.5. The summed E-state index contributed by atoms with van der Waals surface area (Å²) in [5, 5.41) is 10.1. The zero-order chi connectivity index (χ0) is 21.1. The number of piperazine rings is 1. The Bertz CT molecular complexity index is 1040. The lowest BCUT2D eigenvalue weighted by molar-refractivity contribution is 0.0626. The van der Waals surface area contributed by atoms with Gasteiger partial charge in [-0.15, -0.1) is 11.3 Å². The minimum Gasteiger partial charge on any atom is -0.507 e. The van der Waals surface area contributed by atoms with Crippen molar-refractivity contribution in [2.45, 2.75) is 6.54 Å². The van der Waals surface area contributed by atoms with Gasteiger partial charge in [0.25, 0.3) is 5.91 Å². The molecule has 0 atom stereocenters. The van der Waals surface area contributed by atoms with Crippen molar-refractivity contribution in [3.05, 3.63) is 70.9 Å². The van der Waals surface area contributed by atoms with Crippen LogP contribution in [0.25, 0.3) is 10.4 Å². The summed E-state index contributed by atoms with van der Waals surface area (Å²) in [6.07, 6.45) is 0. The van der Waals surface area contributed by atoms with Crippen LogP contribution in [0.15, 0.2) is 54.6 Å². The molecule has 0 spiro atoms. The van der Waals surface area contributed by atoms with Gasteiger partial charge >= 0.3 is 0 Å². The van der Waals surface area contributed by atoms with Gasteiger partial charge < -0.3 is 14.7 Å². The summed E-state index contributed by atoms with van der Waals surface area (Å²) in [7, 11) is 1.52. The molecule has 3 aromatic rings. The molecule has 0 bridgehead atoms. The van der Waals surface area contributed by atoms with Gasteiger partial charge in [0.15, 0.2) is 0 Å². The number of hydrogen-bond donors (Lipinski definition) is 1. The standard InChI is InChI=1S/C23H23FN2O3S/c1-29-18-5-7-20(21(27)14-18)23(28)26-11-9-25(10-12-26)15-19-6-8-22(30-19)16-3-2-4-17(24)13-16/h2-8,13-14,27H,9-12,15H2,1H3. The van der Waals surface area contributed by atoms with Crippen molar-refractivity contribution < 1.29 is 19.0 Å². The van der Waals surface area contributed by atoms with E-state index in [9.17, 15) is 14.3 Å². The number of aromatic hydroxyl groups is 1. The van der Waals surface area contributed by atoms with Crippen LogP contribution < -0.4 is 4.74 Å². The van der Waals surface area contributed by atoms with Gasteiger partial charge in [-0.3, -0.25) is 9.69 Å². The highest BCUT2D eigenvalue weighted by atomic mass is 32.1. The van der Waals surface area contributed by atoms with Crippen molar-refractivity contribution >= 4 is 17.2 Å². The lowest BCUT2D eigenvalue weighted by Gasteiger charge is -2.34. The van der Waals surface area contributed by atoms with E-state index >= 15 is 0 Å². The summed E-state index contributed by atoms with van der Waals surface area (Å²) >= 11 is 1.66. The summed E-state index contributed by atoms with van der Waals surface area (Å²) in [5.74, 6) is 0.0538. The molecule has 1 fully saturated rings. The molecule has 30 heavy (non-hydrogen) atoms. The number of ether oxygens (including phenoxy) is 1. The molecule has 1 amide bonds. The van der Waals surface area contributed by atoms with E-state index in [0.717, 1.165) is 30.1 Å². The lowest BCUT2D eigenvalue weighted by atomic mass is 10.1. The van der Waals surface area contributed by atoms with E-state index in [1.165, 1.54) is 24.1 Å². The second kappa shape index (κ2) is 8.85. The Morgan fingerprint density at radius 1 is 1.10 bits per heavy atom. The third-order valence-electron chi connectivity index (χ3n) is 5.25. The number of amides is 1. The van der Waals surface area contributed by atoms with E-state index in [0.29, 0.717) is 24.4 Å². The molecule has 156 valence electrons. The van der Waals surface area contributed by atoms with Crippen molar-refractivity contribution in [2.24, 2.45) is 0 Å². The van der Waals surface area contributed by atoms with Crippen LogP contribution in [-0.4, -0.2) is 54.1 Å². The van der Waals surface area contributed by atoms with E-state index < -0.39 is 0 Å². The summed E-state index contributed by atoms with van der Waals surface area (Å²) in [6.45, 7) is 3.53. The van der Waals surface area contributed by atoms with Crippen LogP contribution in [0.1, 0.15) is 15.2 Å². The van der Waals surface area contributed by atoms with Crippen LogP contribution in [0.2, 0.25) is 0 Å². The van der Waals surface area contributed by atoms with Gasteiger partial charge in [-0.2, -0.15) is 0 Å². The van der Waals surface area contributed by atoms with Crippen LogP contribution in [0.4, 0.5) is 4.39 Å². The number of halogens is 1. The first-order valence-electron chi connectivity index (χ1n) is 9.77. The maximum absolute atomic E-state index is 13.5. The Balaban J connectivity index is 1.34. The number of carbonyl (C=O) groups excluding carboxylic acids is 1. The second-order valence-electron chi connectivity index (χ2n) is 7.23. The minimum atomic E-state index is -0.230. The van der Waals surface area contributed by atoms with Gasteiger partial charge in [-0.1, -0.05) is 12.1 Å². The maximum Gasteiger partial charge on any atom is 0.257 e. The number of thiophene rings is 1. The number of rotatable bonds is 5. The summed E-state index contributed by atoms with van der Waals surface area (Å²) in [5.41, 5.74) is 1.18. The molecule has 0 unspecified atom stereocenters. The van der Waals surface area contributed by atoms with E-state index in [4.69, 9.17) is 4.74 Å². The molecule has 1 saturated heterocycles. The highest BCUT2D eigenvalue weighted by molar-refractivity contribution is 7.15. The summed E-state index contributed by atoms with van der Waals surface area (Å²) < 4.78 is 18.5. The van der Waals surface area contributed by atoms with Crippen LogP contribution in [-0.2, 0) is 6.54 Å². The first-order chi connectivity index (χ1) is 14.5. The first kappa shape index (κ1) is 20.4. The minimum absolute atomic E-state index is 0.0646. The SMILES string of the molecule is COc1ccc(C(=O)N2CCN(Cc3ccc(-c4cccc(F)c4)s3)CC2)c(O)c1.